The van der Waals surface area contributed by atoms with Crippen LogP contribution in [0.4, 0.5) is 0 Å². The Bertz CT molecular complexity index is 1360. The first-order valence-corrected chi connectivity index (χ1v) is 21.4. The van der Waals surface area contributed by atoms with E-state index in [4.69, 9.17) is 0 Å². The minimum atomic E-state index is 0.103. The zero-order valence-electron chi connectivity index (χ0n) is 34.7. The van der Waals surface area contributed by atoms with Crippen molar-refractivity contribution in [1.82, 2.24) is 0 Å². The van der Waals surface area contributed by atoms with E-state index in [-0.39, 0.29) is 21.7 Å². The lowest BCUT2D eigenvalue weighted by Gasteiger charge is -2.36. The molecule has 2 nitrogen and oxygen atoms in total. The summed E-state index contributed by atoms with van der Waals surface area (Å²) >= 11 is 4.46. The number of thiol groups is 1. The molecule has 3 heteroatoms. The molecule has 3 fully saturated rings. The topological polar surface area (TPSA) is 47.6 Å². The predicted molar refractivity (Wildman–Crippen MR) is 224 cm³/mol. The molecular formula is C48H74N2S. The van der Waals surface area contributed by atoms with Crippen LogP contribution >= 0.6 is 12.6 Å². The molecule has 0 aromatic heterocycles. The predicted octanol–water partition coefficient (Wildman–Crippen LogP) is 14.5. The van der Waals surface area contributed by atoms with Crippen molar-refractivity contribution in [2.24, 2.45) is 5.92 Å². The number of hydrogen-bond donors (Lipinski definition) is 1. The van der Waals surface area contributed by atoms with Gasteiger partial charge in [-0.05, 0) is 93.1 Å². The van der Waals surface area contributed by atoms with Crippen LogP contribution in [0.1, 0.15) is 223 Å². The molecule has 3 aliphatic carbocycles. The minimum Gasteiger partial charge on any atom is -0.192 e. The summed E-state index contributed by atoms with van der Waals surface area (Å²) < 4.78 is 0. The van der Waals surface area contributed by atoms with Crippen LogP contribution < -0.4 is 0 Å². The molecule has 0 aliphatic heterocycles. The average Bonchev–Trinajstić information content (AvgIpc) is 3.09. The molecule has 0 unspecified atom stereocenters. The molecule has 51 heavy (non-hydrogen) atoms. The highest BCUT2D eigenvalue weighted by Crippen LogP contribution is 2.44. The Morgan fingerprint density at radius 2 is 0.961 bits per heavy atom. The van der Waals surface area contributed by atoms with Crippen molar-refractivity contribution in [1.29, 1.82) is 10.5 Å². The summed E-state index contributed by atoms with van der Waals surface area (Å²) in [5.74, 6) is 1.65. The molecule has 0 heterocycles. The molecule has 0 spiro atoms. The van der Waals surface area contributed by atoms with Crippen LogP contribution in [-0.2, 0) is 33.8 Å². The molecule has 3 saturated carbocycles. The van der Waals surface area contributed by atoms with Crippen LogP contribution in [0.25, 0.3) is 0 Å². The fraction of sp³-hybridized carbons (Fsp3) is 0.708. The zero-order valence-corrected chi connectivity index (χ0v) is 35.6. The van der Waals surface area contributed by atoms with Crippen molar-refractivity contribution in [3.63, 3.8) is 0 Å². The normalized spacial score (nSPS) is 19.5. The minimum absolute atomic E-state index is 0.103. The largest absolute Gasteiger partial charge is 0.192 e. The molecular weight excluding hydrogens is 637 g/mol. The number of hydrogen-bond acceptors (Lipinski definition) is 3. The van der Waals surface area contributed by atoms with E-state index in [1.807, 2.05) is 0 Å². The van der Waals surface area contributed by atoms with E-state index in [9.17, 15) is 10.5 Å². The van der Waals surface area contributed by atoms with Gasteiger partial charge in [-0.2, -0.15) is 23.2 Å². The van der Waals surface area contributed by atoms with Crippen molar-refractivity contribution >= 4 is 12.6 Å². The third-order valence-corrected chi connectivity index (χ3v) is 12.9. The maximum absolute atomic E-state index is 9.72. The average molecular weight is 711 g/mol. The molecule has 2 aromatic rings. The van der Waals surface area contributed by atoms with Gasteiger partial charge in [0.25, 0.3) is 0 Å². The molecule has 5 rings (SSSR count). The highest BCUT2D eigenvalue weighted by atomic mass is 32.1. The lowest BCUT2D eigenvalue weighted by atomic mass is 9.67. The van der Waals surface area contributed by atoms with Crippen LogP contribution in [-0.4, -0.2) is 0 Å². The summed E-state index contributed by atoms with van der Waals surface area (Å²) in [6.45, 7) is 22.8. The van der Waals surface area contributed by atoms with Gasteiger partial charge in [0.15, 0.2) is 0 Å². The zero-order chi connectivity index (χ0) is 37.9. The Balaban J connectivity index is 0.000000223. The van der Waals surface area contributed by atoms with Gasteiger partial charge in [-0.25, -0.2) is 0 Å². The van der Waals surface area contributed by atoms with Crippen molar-refractivity contribution in [3.05, 3.63) is 68.8 Å². The van der Waals surface area contributed by atoms with Gasteiger partial charge < -0.3 is 0 Å². The Morgan fingerprint density at radius 1 is 0.608 bits per heavy atom. The first-order valence-electron chi connectivity index (χ1n) is 20.8. The van der Waals surface area contributed by atoms with E-state index in [0.29, 0.717) is 5.75 Å². The molecule has 2 aromatic carbocycles. The van der Waals surface area contributed by atoms with Gasteiger partial charge in [0, 0.05) is 5.75 Å². The SMILES string of the molecule is CC(C)(C)c1cc(CS)c(C#N)c(C2(C)CCCCC2)c1.CC1CCCCCCC1.CCc1cc(C(C)(C)C)cc(C2(C)CCCCC2)c1C#N. The highest BCUT2D eigenvalue weighted by molar-refractivity contribution is 7.79. The van der Waals surface area contributed by atoms with Crippen molar-refractivity contribution in [3.8, 4) is 12.1 Å². The van der Waals surface area contributed by atoms with Crippen LogP contribution in [0.2, 0.25) is 0 Å². The molecule has 0 atom stereocenters. The van der Waals surface area contributed by atoms with Crippen LogP contribution in [0.15, 0.2) is 24.3 Å². The number of aryl methyl sites for hydroxylation is 1. The molecule has 0 radical (unpaired) electrons. The summed E-state index contributed by atoms with van der Waals surface area (Å²) in [5.41, 5.74) is 10.0. The summed E-state index contributed by atoms with van der Waals surface area (Å²) in [6, 6.07) is 14.1. The Morgan fingerprint density at radius 3 is 1.31 bits per heavy atom. The Hall–Kier alpha value is -2.23. The van der Waals surface area contributed by atoms with Gasteiger partial charge in [0.2, 0.25) is 0 Å². The number of benzene rings is 2. The lowest BCUT2D eigenvalue weighted by Crippen LogP contribution is -2.27. The molecule has 0 amide bonds. The number of nitrogens with zero attached hydrogens (tertiary/aromatic N) is 2. The highest BCUT2D eigenvalue weighted by Gasteiger charge is 2.34. The maximum atomic E-state index is 9.72. The van der Waals surface area contributed by atoms with Crippen molar-refractivity contribution in [2.45, 2.75) is 212 Å². The van der Waals surface area contributed by atoms with E-state index in [0.717, 1.165) is 29.0 Å². The second kappa shape index (κ2) is 19.2. The Kier molecular flexibility index (Phi) is 16.3. The van der Waals surface area contributed by atoms with Gasteiger partial charge >= 0.3 is 0 Å². The molecule has 0 saturated heterocycles. The molecule has 0 bridgehead atoms. The molecule has 0 N–H and O–H groups in total. The number of nitriles is 2. The fourth-order valence-corrected chi connectivity index (χ4v) is 9.00. The van der Waals surface area contributed by atoms with E-state index < -0.39 is 0 Å². The fourth-order valence-electron chi connectivity index (χ4n) is 8.75. The van der Waals surface area contributed by atoms with Gasteiger partial charge in [0.05, 0.1) is 23.3 Å². The third-order valence-electron chi connectivity index (χ3n) is 12.6. The van der Waals surface area contributed by atoms with E-state index >= 15 is 0 Å². The first-order chi connectivity index (χ1) is 24.0. The quantitative estimate of drug-likeness (QED) is 0.321. The van der Waals surface area contributed by atoms with Gasteiger partial charge in [0.1, 0.15) is 0 Å². The van der Waals surface area contributed by atoms with Gasteiger partial charge in [-0.15, -0.1) is 0 Å². The number of rotatable bonds is 4. The molecule has 3 aliphatic rings. The van der Waals surface area contributed by atoms with E-state index in [1.54, 1.807) is 0 Å². The smallest absolute Gasteiger partial charge is 0.0997 e. The second-order valence-corrected chi connectivity index (χ2v) is 19.4. The summed E-state index contributed by atoms with van der Waals surface area (Å²) in [6.07, 6.45) is 24.0. The van der Waals surface area contributed by atoms with Gasteiger partial charge in [-0.3, -0.25) is 0 Å². The summed E-state index contributed by atoms with van der Waals surface area (Å²) in [7, 11) is 0. The maximum Gasteiger partial charge on any atom is 0.0997 e. The van der Waals surface area contributed by atoms with Crippen LogP contribution in [0, 0.1) is 28.6 Å². The van der Waals surface area contributed by atoms with Crippen LogP contribution in [0.3, 0.4) is 0 Å². The summed E-state index contributed by atoms with van der Waals surface area (Å²) in [5, 5.41) is 19.4. The van der Waals surface area contributed by atoms with Crippen molar-refractivity contribution < 1.29 is 0 Å². The van der Waals surface area contributed by atoms with Crippen LogP contribution in [0.5, 0.6) is 0 Å². The van der Waals surface area contributed by atoms with Gasteiger partial charge in [-0.1, -0.05) is 177 Å². The standard InChI is InChI=1S/C20H29N.C19H27NS.C9H18/c1-6-15-12-16(19(2,3)4)13-18(17(15)14-21)20(5)10-8-7-9-11-20;1-18(2,3)15-10-14(13-21)16(12-20)17(11-15)19(4)8-6-5-7-9-19;1-9-7-5-3-2-4-6-8-9/h12-13H,6-11H2,1-5H3;10-11,21H,5-9,13H2,1-4H3;9H,2-8H2,1H3. The monoisotopic (exact) mass is 711 g/mol. The van der Waals surface area contributed by atoms with E-state index in [2.05, 4.69) is 118 Å². The second-order valence-electron chi connectivity index (χ2n) is 19.0. The summed E-state index contributed by atoms with van der Waals surface area (Å²) in [4.78, 5) is 0. The molecule has 282 valence electrons. The third kappa shape index (κ3) is 11.9. The first kappa shape index (κ1) is 43.2. The van der Waals surface area contributed by atoms with Crippen molar-refractivity contribution in [2.75, 3.05) is 0 Å². The Labute approximate surface area is 321 Å². The lowest BCUT2D eigenvalue weighted by molar-refractivity contribution is 0.318. The van der Waals surface area contributed by atoms with E-state index in [1.165, 1.54) is 137 Å².